The van der Waals surface area contributed by atoms with Gasteiger partial charge in [0, 0.05) is 0 Å². The summed E-state index contributed by atoms with van der Waals surface area (Å²) >= 11 is 0. The Morgan fingerprint density at radius 3 is 3.00 bits per heavy atom. The van der Waals surface area contributed by atoms with Crippen molar-refractivity contribution in [2.24, 2.45) is 5.73 Å². The Hall–Kier alpha value is -0.630. The Kier molecular flexibility index (Phi) is 0.725. The second-order valence-electron chi connectivity index (χ2n) is 1.29. The summed E-state index contributed by atoms with van der Waals surface area (Å²) in [6, 6.07) is 0. The largest absolute Gasteiger partial charge is 0.477 e. The number of nitrogens with one attached hydrogen (secondary N) is 1. The van der Waals surface area contributed by atoms with E-state index >= 15 is 0 Å². The van der Waals surface area contributed by atoms with E-state index in [0.717, 1.165) is 12.2 Å². The normalized spacial score (nSPS) is 19.7. The lowest BCUT2D eigenvalue weighted by molar-refractivity contribution is 0.939. The van der Waals surface area contributed by atoms with Crippen molar-refractivity contribution < 1.29 is 0 Å². The van der Waals surface area contributed by atoms with E-state index < -0.39 is 0 Å². The summed E-state index contributed by atoms with van der Waals surface area (Å²) in [5.74, 6) is 0. The lowest BCUT2D eigenvalue weighted by atomic mass is 10.5. The Morgan fingerprint density at radius 2 is 2.83 bits per heavy atom. The molecule has 0 fully saturated rings. The molecule has 1 aliphatic rings. The van der Waals surface area contributed by atoms with E-state index in [-0.39, 0.29) is 0 Å². The summed E-state index contributed by atoms with van der Waals surface area (Å²) < 4.78 is 0. The average molecular weight is 83.1 g/mol. The van der Waals surface area contributed by atoms with Crippen LogP contribution in [-0.4, -0.2) is 6.54 Å². The summed E-state index contributed by atoms with van der Waals surface area (Å²) in [5.41, 5.74) is 6.21. The zero-order valence-corrected chi connectivity index (χ0v) is 3.44. The summed E-state index contributed by atoms with van der Waals surface area (Å²) in [4.78, 5) is 0. The van der Waals surface area contributed by atoms with E-state index in [0.29, 0.717) is 0 Å². The lowest BCUT2D eigenvalue weighted by Crippen LogP contribution is -2.08. The van der Waals surface area contributed by atoms with Gasteiger partial charge < -0.3 is 11.1 Å². The van der Waals surface area contributed by atoms with Crippen LogP contribution in [0.5, 0.6) is 0 Å². The Morgan fingerprint density at radius 1 is 2.00 bits per heavy atom. The molecule has 0 bridgehead atoms. The zero-order chi connectivity index (χ0) is 4.41. The van der Waals surface area contributed by atoms with Crippen LogP contribution in [0.4, 0.5) is 0 Å². The van der Waals surface area contributed by atoms with Gasteiger partial charge >= 0.3 is 0 Å². The van der Waals surface area contributed by atoms with Crippen LogP contribution in [0.25, 0.3) is 0 Å². The zero-order valence-electron chi connectivity index (χ0n) is 3.44. The SMILES string of the molecule is NC1=C[CH-]NC1. The van der Waals surface area contributed by atoms with Crippen molar-refractivity contribution in [1.82, 2.24) is 5.32 Å². The first-order chi connectivity index (χ1) is 2.89. The molecule has 0 spiro atoms. The van der Waals surface area contributed by atoms with Crippen molar-refractivity contribution >= 4 is 0 Å². The van der Waals surface area contributed by atoms with Gasteiger partial charge in [-0.25, -0.2) is 0 Å². The van der Waals surface area contributed by atoms with E-state index in [1.165, 1.54) is 0 Å². The predicted octanol–water partition coefficient (Wildman–Crippen LogP) is -0.406. The molecule has 0 aliphatic carbocycles. The molecule has 0 aromatic rings. The Labute approximate surface area is 37.0 Å². The van der Waals surface area contributed by atoms with Crippen molar-refractivity contribution in [2.75, 3.05) is 6.54 Å². The van der Waals surface area contributed by atoms with Crippen LogP contribution in [0.2, 0.25) is 0 Å². The van der Waals surface area contributed by atoms with Gasteiger partial charge in [-0.15, -0.1) is 5.70 Å². The van der Waals surface area contributed by atoms with Crippen molar-refractivity contribution in [2.45, 2.75) is 0 Å². The Bertz CT molecular complexity index is 75.6. The van der Waals surface area contributed by atoms with Crippen LogP contribution in [0, 0.1) is 6.54 Å². The quantitative estimate of drug-likeness (QED) is 0.391. The molecule has 2 nitrogen and oxygen atoms in total. The maximum absolute atomic E-state index is 5.30. The number of nitrogens with two attached hydrogens (primary N) is 1. The van der Waals surface area contributed by atoms with E-state index in [2.05, 4.69) is 5.32 Å². The maximum Gasteiger partial charge on any atom is -0.0459 e. The average Bonchev–Trinajstić information content (AvgIpc) is 1.86. The van der Waals surface area contributed by atoms with Gasteiger partial charge in [0.1, 0.15) is 0 Å². The van der Waals surface area contributed by atoms with Crippen LogP contribution in [0.15, 0.2) is 11.8 Å². The third-order valence-electron chi connectivity index (χ3n) is 0.721. The van der Waals surface area contributed by atoms with Gasteiger partial charge in [0.25, 0.3) is 0 Å². The van der Waals surface area contributed by atoms with E-state index in [4.69, 9.17) is 5.73 Å². The molecule has 0 amide bonds. The van der Waals surface area contributed by atoms with Crippen molar-refractivity contribution in [1.29, 1.82) is 0 Å². The molecule has 0 aromatic heterocycles. The fraction of sp³-hybridized carbons (Fsp3) is 0.250. The molecule has 2 heteroatoms. The fourth-order valence-corrected chi connectivity index (χ4v) is 0.402. The molecule has 1 rings (SSSR count). The standard InChI is InChI=1S/C4H7N2/c5-4-1-2-6-3-4/h1-2,6H,3,5H2/q-1. The highest BCUT2D eigenvalue weighted by atomic mass is 14.9. The van der Waals surface area contributed by atoms with Gasteiger partial charge in [-0.05, 0) is 6.54 Å². The second kappa shape index (κ2) is 1.22. The minimum Gasteiger partial charge on any atom is -0.477 e. The van der Waals surface area contributed by atoms with Crippen LogP contribution < -0.4 is 11.1 Å². The third-order valence-corrected chi connectivity index (χ3v) is 0.721. The minimum absolute atomic E-state index is 0.819. The van der Waals surface area contributed by atoms with Crippen molar-refractivity contribution in [3.8, 4) is 0 Å². The highest BCUT2D eigenvalue weighted by molar-refractivity contribution is 5.11. The first kappa shape index (κ1) is 3.56. The monoisotopic (exact) mass is 83.1 g/mol. The van der Waals surface area contributed by atoms with Gasteiger partial charge in [0.15, 0.2) is 0 Å². The number of hydrogen-bond acceptors (Lipinski definition) is 2. The predicted molar refractivity (Wildman–Crippen MR) is 24.6 cm³/mol. The van der Waals surface area contributed by atoms with Gasteiger partial charge in [0.2, 0.25) is 0 Å². The molecule has 0 aromatic carbocycles. The maximum atomic E-state index is 5.30. The number of rotatable bonds is 0. The molecule has 3 N–H and O–H groups in total. The highest BCUT2D eigenvalue weighted by Crippen LogP contribution is 1.89. The smallest absolute Gasteiger partial charge is 0.0459 e. The molecule has 0 saturated heterocycles. The summed E-state index contributed by atoms with van der Waals surface area (Å²) in [5, 5.41) is 2.93. The molecule has 1 aliphatic heterocycles. The molecule has 0 radical (unpaired) electrons. The number of hydrogen-bond donors (Lipinski definition) is 2. The molecular weight excluding hydrogens is 76.1 g/mol. The molecule has 0 atom stereocenters. The topological polar surface area (TPSA) is 38.0 Å². The third kappa shape index (κ3) is 0.466. The highest BCUT2D eigenvalue weighted by Gasteiger charge is 1.81. The van der Waals surface area contributed by atoms with Gasteiger partial charge in [-0.1, -0.05) is 0 Å². The summed E-state index contributed by atoms with van der Waals surface area (Å²) in [7, 11) is 0. The lowest BCUT2D eigenvalue weighted by Gasteiger charge is -1.94. The first-order valence-electron chi connectivity index (χ1n) is 1.91. The summed E-state index contributed by atoms with van der Waals surface area (Å²) in [6.45, 7) is 2.66. The van der Waals surface area contributed by atoms with E-state index in [1.54, 1.807) is 0 Å². The van der Waals surface area contributed by atoms with Gasteiger partial charge in [-0.3, -0.25) is 0 Å². The molecular formula is C4H7N2-. The minimum atomic E-state index is 0.819. The van der Waals surface area contributed by atoms with Crippen molar-refractivity contribution in [3.05, 3.63) is 18.3 Å². The fourth-order valence-electron chi connectivity index (χ4n) is 0.402. The van der Waals surface area contributed by atoms with Gasteiger partial charge in [0.05, 0.1) is 0 Å². The molecule has 34 valence electrons. The van der Waals surface area contributed by atoms with Crippen LogP contribution in [-0.2, 0) is 0 Å². The van der Waals surface area contributed by atoms with Crippen molar-refractivity contribution in [3.63, 3.8) is 0 Å². The summed E-state index contributed by atoms with van der Waals surface area (Å²) in [6.07, 6.45) is 1.86. The van der Waals surface area contributed by atoms with Crippen LogP contribution in [0.1, 0.15) is 0 Å². The second-order valence-corrected chi connectivity index (χ2v) is 1.29. The Balaban J connectivity index is 2.45. The molecule has 0 unspecified atom stereocenters. The first-order valence-corrected chi connectivity index (χ1v) is 1.91. The molecule has 6 heavy (non-hydrogen) atoms. The van der Waals surface area contributed by atoms with E-state index in [9.17, 15) is 0 Å². The van der Waals surface area contributed by atoms with Crippen LogP contribution in [0.3, 0.4) is 0 Å². The van der Waals surface area contributed by atoms with Gasteiger partial charge in [-0.2, -0.15) is 12.6 Å². The molecule has 0 saturated carbocycles. The van der Waals surface area contributed by atoms with Crippen LogP contribution >= 0.6 is 0 Å². The molecule has 1 heterocycles. The van der Waals surface area contributed by atoms with E-state index in [1.807, 2.05) is 12.6 Å².